The van der Waals surface area contributed by atoms with Crippen molar-refractivity contribution in [2.24, 2.45) is 0 Å². The number of benzene rings is 1. The highest BCUT2D eigenvalue weighted by atomic mass is 16.4. The lowest BCUT2D eigenvalue weighted by Crippen LogP contribution is -2.55. The molecule has 1 saturated heterocycles. The molecule has 1 aliphatic rings. The summed E-state index contributed by atoms with van der Waals surface area (Å²) in [6.45, 7) is 3.74. The summed E-state index contributed by atoms with van der Waals surface area (Å²) < 4.78 is 0. The lowest BCUT2D eigenvalue weighted by atomic mass is 10.1. The maximum atomic E-state index is 11.2. The Morgan fingerprint density at radius 2 is 1.87 bits per heavy atom. The van der Waals surface area contributed by atoms with Crippen molar-refractivity contribution in [2.75, 3.05) is 24.5 Å². The van der Waals surface area contributed by atoms with Crippen molar-refractivity contribution in [3.8, 4) is 11.1 Å². The fourth-order valence-corrected chi connectivity index (χ4v) is 2.90. The zero-order chi connectivity index (χ0) is 16.2. The number of aromatic nitrogens is 2. The van der Waals surface area contributed by atoms with Crippen LogP contribution in [0.3, 0.4) is 0 Å². The lowest BCUT2D eigenvalue weighted by Gasteiger charge is -2.39. The minimum atomic E-state index is -0.850. The van der Waals surface area contributed by atoms with Crippen molar-refractivity contribution in [3.63, 3.8) is 0 Å². The first kappa shape index (κ1) is 15.3. The molecule has 3 rings (SSSR count). The van der Waals surface area contributed by atoms with E-state index in [1.807, 2.05) is 49.6 Å². The van der Waals surface area contributed by atoms with Gasteiger partial charge in [0.25, 0.3) is 0 Å². The molecule has 0 saturated carbocycles. The SMILES string of the molecule is CCC1CN(c2ncc(-c3ccccc3)cn2)CCN1C(=O)O. The van der Waals surface area contributed by atoms with Gasteiger partial charge in [0.05, 0.1) is 6.04 Å². The van der Waals surface area contributed by atoms with Crippen molar-refractivity contribution in [2.45, 2.75) is 19.4 Å². The number of carbonyl (C=O) groups is 1. The molecule has 1 aromatic heterocycles. The molecule has 23 heavy (non-hydrogen) atoms. The Morgan fingerprint density at radius 1 is 1.17 bits per heavy atom. The van der Waals surface area contributed by atoms with Crippen LogP contribution in [0.25, 0.3) is 11.1 Å². The highest BCUT2D eigenvalue weighted by Gasteiger charge is 2.30. The standard InChI is InChI=1S/C17H20N4O2/c1-2-15-12-20(8-9-21(15)17(22)23)16-18-10-14(11-19-16)13-6-4-3-5-7-13/h3-7,10-11,15H,2,8-9,12H2,1H3,(H,22,23). The molecule has 1 aromatic carbocycles. The van der Waals surface area contributed by atoms with Crippen molar-refractivity contribution in [1.29, 1.82) is 0 Å². The van der Waals surface area contributed by atoms with Crippen LogP contribution in [0.4, 0.5) is 10.7 Å². The molecule has 6 heteroatoms. The van der Waals surface area contributed by atoms with E-state index in [0.717, 1.165) is 17.5 Å². The van der Waals surface area contributed by atoms with Crippen LogP contribution < -0.4 is 4.90 Å². The third kappa shape index (κ3) is 3.26. The quantitative estimate of drug-likeness (QED) is 0.943. The van der Waals surface area contributed by atoms with Gasteiger partial charge in [0.15, 0.2) is 0 Å². The van der Waals surface area contributed by atoms with E-state index < -0.39 is 6.09 Å². The second-order valence-corrected chi connectivity index (χ2v) is 5.62. The van der Waals surface area contributed by atoms with E-state index in [0.29, 0.717) is 25.6 Å². The van der Waals surface area contributed by atoms with Crippen LogP contribution in [-0.4, -0.2) is 51.7 Å². The molecule has 1 amide bonds. The average Bonchev–Trinajstić information content (AvgIpc) is 2.62. The molecule has 1 unspecified atom stereocenters. The Bertz CT molecular complexity index is 660. The van der Waals surface area contributed by atoms with E-state index in [-0.39, 0.29) is 6.04 Å². The molecule has 6 nitrogen and oxygen atoms in total. The minimum absolute atomic E-state index is 0.0151. The zero-order valence-corrected chi connectivity index (χ0v) is 13.1. The fourth-order valence-electron chi connectivity index (χ4n) is 2.90. The number of anilines is 1. The predicted octanol–water partition coefficient (Wildman–Crippen LogP) is 2.72. The van der Waals surface area contributed by atoms with Crippen LogP contribution >= 0.6 is 0 Å². The first-order valence-corrected chi connectivity index (χ1v) is 7.81. The van der Waals surface area contributed by atoms with Gasteiger partial charge >= 0.3 is 6.09 Å². The smallest absolute Gasteiger partial charge is 0.407 e. The topological polar surface area (TPSA) is 69.6 Å². The molecule has 2 aromatic rings. The Balaban J connectivity index is 1.74. The predicted molar refractivity (Wildman–Crippen MR) is 88.5 cm³/mol. The summed E-state index contributed by atoms with van der Waals surface area (Å²) in [7, 11) is 0. The second-order valence-electron chi connectivity index (χ2n) is 5.62. The molecule has 1 atom stereocenters. The van der Waals surface area contributed by atoms with E-state index in [9.17, 15) is 9.90 Å². The van der Waals surface area contributed by atoms with Crippen molar-refractivity contribution in [1.82, 2.24) is 14.9 Å². The van der Waals surface area contributed by atoms with Gasteiger partial charge in [-0.25, -0.2) is 14.8 Å². The number of hydrogen-bond acceptors (Lipinski definition) is 4. The van der Waals surface area contributed by atoms with Gasteiger partial charge < -0.3 is 14.9 Å². The Morgan fingerprint density at radius 3 is 2.48 bits per heavy atom. The summed E-state index contributed by atoms with van der Waals surface area (Å²) in [4.78, 5) is 23.7. The molecule has 0 bridgehead atoms. The first-order chi connectivity index (χ1) is 11.2. The van der Waals surface area contributed by atoms with Crippen LogP contribution in [0.1, 0.15) is 13.3 Å². The third-order valence-corrected chi connectivity index (χ3v) is 4.23. The summed E-state index contributed by atoms with van der Waals surface area (Å²) in [5.74, 6) is 0.660. The van der Waals surface area contributed by atoms with Crippen molar-refractivity contribution in [3.05, 3.63) is 42.7 Å². The molecule has 1 fully saturated rings. The highest BCUT2D eigenvalue weighted by Crippen LogP contribution is 2.21. The summed E-state index contributed by atoms with van der Waals surface area (Å²) >= 11 is 0. The van der Waals surface area contributed by atoms with Crippen LogP contribution in [0.5, 0.6) is 0 Å². The van der Waals surface area contributed by atoms with Gasteiger partial charge in [-0.2, -0.15) is 0 Å². The van der Waals surface area contributed by atoms with Crippen molar-refractivity contribution >= 4 is 12.0 Å². The lowest BCUT2D eigenvalue weighted by molar-refractivity contribution is 0.116. The van der Waals surface area contributed by atoms with Gasteiger partial charge in [0, 0.05) is 37.6 Å². The third-order valence-electron chi connectivity index (χ3n) is 4.23. The monoisotopic (exact) mass is 312 g/mol. The maximum Gasteiger partial charge on any atom is 0.407 e. The number of carboxylic acid groups (broad SMARTS) is 1. The van der Waals surface area contributed by atoms with Gasteiger partial charge in [0.1, 0.15) is 0 Å². The molecular formula is C17H20N4O2. The summed E-state index contributed by atoms with van der Waals surface area (Å²) in [6, 6.07) is 9.99. The van der Waals surface area contributed by atoms with Crippen LogP contribution in [0.15, 0.2) is 42.7 Å². The zero-order valence-electron chi connectivity index (χ0n) is 13.1. The fraction of sp³-hybridized carbons (Fsp3) is 0.353. The van der Waals surface area contributed by atoms with Crippen LogP contribution in [-0.2, 0) is 0 Å². The van der Waals surface area contributed by atoms with E-state index in [2.05, 4.69) is 14.9 Å². The molecule has 2 heterocycles. The number of amides is 1. The first-order valence-electron chi connectivity index (χ1n) is 7.81. The van der Waals surface area contributed by atoms with Crippen LogP contribution in [0, 0.1) is 0 Å². The molecule has 1 aliphatic heterocycles. The van der Waals surface area contributed by atoms with E-state index in [1.54, 1.807) is 0 Å². The Hall–Kier alpha value is -2.63. The van der Waals surface area contributed by atoms with Crippen molar-refractivity contribution < 1.29 is 9.90 Å². The number of piperazine rings is 1. The molecular weight excluding hydrogens is 292 g/mol. The average molecular weight is 312 g/mol. The molecule has 1 N–H and O–H groups in total. The van der Waals surface area contributed by atoms with E-state index in [4.69, 9.17) is 0 Å². The minimum Gasteiger partial charge on any atom is -0.465 e. The largest absolute Gasteiger partial charge is 0.465 e. The Kier molecular flexibility index (Phi) is 4.41. The summed E-state index contributed by atoms with van der Waals surface area (Å²) in [5.41, 5.74) is 2.06. The molecule has 0 spiro atoms. The highest BCUT2D eigenvalue weighted by molar-refractivity contribution is 5.66. The number of rotatable bonds is 3. The maximum absolute atomic E-state index is 11.2. The molecule has 0 aliphatic carbocycles. The number of hydrogen-bond donors (Lipinski definition) is 1. The molecule has 120 valence electrons. The van der Waals surface area contributed by atoms with Gasteiger partial charge in [-0.1, -0.05) is 37.3 Å². The van der Waals surface area contributed by atoms with Crippen LogP contribution in [0.2, 0.25) is 0 Å². The van der Waals surface area contributed by atoms with Gasteiger partial charge in [0.2, 0.25) is 5.95 Å². The second kappa shape index (κ2) is 6.64. The van der Waals surface area contributed by atoms with Gasteiger partial charge in [-0.15, -0.1) is 0 Å². The van der Waals surface area contributed by atoms with Gasteiger partial charge in [-0.05, 0) is 12.0 Å². The normalized spacial score (nSPS) is 18.0. The molecule has 0 radical (unpaired) electrons. The number of nitrogens with zero attached hydrogens (tertiary/aromatic N) is 4. The Labute approximate surface area is 135 Å². The van der Waals surface area contributed by atoms with Gasteiger partial charge in [-0.3, -0.25) is 0 Å². The van der Waals surface area contributed by atoms with E-state index in [1.165, 1.54) is 4.90 Å². The van der Waals surface area contributed by atoms with E-state index >= 15 is 0 Å². The summed E-state index contributed by atoms with van der Waals surface area (Å²) in [6.07, 6.45) is 3.58. The summed E-state index contributed by atoms with van der Waals surface area (Å²) in [5, 5.41) is 9.24.